The number of Topliss-reactive ketones (excluding diaryl/α,β-unsaturated/α-hetero) is 1. The average molecular weight is 184 g/mol. The fraction of sp³-hybridized carbons (Fsp3) is 0.444. The molecule has 12 heavy (non-hydrogen) atoms. The summed E-state index contributed by atoms with van der Waals surface area (Å²) in [4.78, 5) is 12.2. The minimum atomic E-state index is -0.924. The van der Waals surface area contributed by atoms with Gasteiger partial charge in [0.05, 0.1) is 10.3 Å². The molecule has 2 atom stereocenters. The molecule has 0 bridgehead atoms. The Kier molecular flexibility index (Phi) is 1.58. The Morgan fingerprint density at radius 1 is 1.83 bits per heavy atom. The lowest BCUT2D eigenvalue weighted by molar-refractivity contribution is 0.0897. The summed E-state index contributed by atoms with van der Waals surface area (Å²) in [6.45, 7) is 1.69. The van der Waals surface area contributed by atoms with Crippen molar-refractivity contribution < 1.29 is 9.18 Å². The molecule has 1 nitrogen and oxygen atoms in total. The normalized spacial score (nSPS) is 33.3. The molecule has 0 saturated heterocycles. The molecule has 1 aliphatic carbocycles. The number of ketones is 1. The van der Waals surface area contributed by atoms with Gasteiger partial charge in [-0.3, -0.25) is 4.79 Å². The third-order valence-corrected chi connectivity index (χ3v) is 3.27. The van der Waals surface area contributed by atoms with Gasteiger partial charge in [-0.1, -0.05) is 6.07 Å². The molecule has 3 heteroatoms. The third kappa shape index (κ3) is 1.00. The molecule has 1 aromatic heterocycles. The topological polar surface area (TPSA) is 17.1 Å². The van der Waals surface area contributed by atoms with E-state index in [-0.39, 0.29) is 5.78 Å². The zero-order valence-corrected chi connectivity index (χ0v) is 7.53. The summed E-state index contributed by atoms with van der Waals surface area (Å²) in [6.07, 6.45) is -0.531. The Bertz CT molecular complexity index is 306. The van der Waals surface area contributed by atoms with Crippen LogP contribution in [0, 0.1) is 5.41 Å². The fourth-order valence-corrected chi connectivity index (χ4v) is 2.04. The number of rotatable bonds is 2. The number of carbonyl (C=O) groups is 1. The molecule has 1 aliphatic rings. The largest absolute Gasteiger partial charge is 0.293 e. The van der Waals surface area contributed by atoms with Crippen LogP contribution < -0.4 is 0 Å². The first-order valence-electron chi connectivity index (χ1n) is 3.87. The summed E-state index contributed by atoms with van der Waals surface area (Å²) >= 11 is 1.38. The Hall–Kier alpha value is -0.700. The van der Waals surface area contributed by atoms with E-state index < -0.39 is 11.6 Å². The molecule has 0 amide bonds. The highest BCUT2D eigenvalue weighted by Gasteiger charge is 2.57. The number of thiophene rings is 1. The zero-order valence-electron chi connectivity index (χ0n) is 6.71. The molecule has 64 valence electrons. The van der Waals surface area contributed by atoms with Crippen LogP contribution in [0.15, 0.2) is 17.5 Å². The van der Waals surface area contributed by atoms with E-state index in [2.05, 4.69) is 0 Å². The smallest absolute Gasteiger partial charge is 0.181 e. The molecule has 0 aromatic carbocycles. The van der Waals surface area contributed by atoms with Gasteiger partial charge in [-0.2, -0.15) is 0 Å². The van der Waals surface area contributed by atoms with Crippen LogP contribution in [0.1, 0.15) is 23.0 Å². The van der Waals surface area contributed by atoms with Crippen LogP contribution in [0.2, 0.25) is 0 Å². The summed E-state index contributed by atoms with van der Waals surface area (Å²) in [5.41, 5.74) is -0.704. The second-order valence-corrected chi connectivity index (χ2v) is 4.34. The van der Waals surface area contributed by atoms with E-state index in [9.17, 15) is 9.18 Å². The zero-order chi connectivity index (χ0) is 8.77. The van der Waals surface area contributed by atoms with Crippen molar-refractivity contribution in [1.29, 1.82) is 0 Å². The lowest BCUT2D eigenvalue weighted by Gasteiger charge is -2.03. The van der Waals surface area contributed by atoms with E-state index in [1.807, 2.05) is 11.4 Å². The van der Waals surface area contributed by atoms with Crippen LogP contribution >= 0.6 is 11.3 Å². The maximum absolute atomic E-state index is 12.8. The highest BCUT2D eigenvalue weighted by Crippen LogP contribution is 2.50. The van der Waals surface area contributed by atoms with Crippen molar-refractivity contribution in [3.63, 3.8) is 0 Å². The molecule has 0 spiro atoms. The summed E-state index contributed by atoms with van der Waals surface area (Å²) in [5.74, 6) is -0.0370. The first-order chi connectivity index (χ1) is 5.64. The van der Waals surface area contributed by atoms with Crippen molar-refractivity contribution >= 4 is 17.1 Å². The number of halogens is 1. The van der Waals surface area contributed by atoms with Crippen LogP contribution in [0.25, 0.3) is 0 Å². The SMILES string of the molecule is CC1(C(=O)c2cccs2)CC1F. The van der Waals surface area contributed by atoms with Gasteiger partial charge in [0.25, 0.3) is 0 Å². The van der Waals surface area contributed by atoms with Gasteiger partial charge in [-0.05, 0) is 24.8 Å². The standard InChI is InChI=1S/C9H9FOS/c1-9(5-7(9)10)8(11)6-3-2-4-12-6/h2-4,7H,5H2,1H3. The summed E-state index contributed by atoms with van der Waals surface area (Å²) in [5, 5.41) is 1.84. The van der Waals surface area contributed by atoms with Crippen LogP contribution in [-0.4, -0.2) is 12.0 Å². The lowest BCUT2D eigenvalue weighted by atomic mass is 10.0. The summed E-state index contributed by atoms with van der Waals surface area (Å²) in [7, 11) is 0. The van der Waals surface area contributed by atoms with Gasteiger partial charge in [-0.25, -0.2) is 4.39 Å². The van der Waals surface area contributed by atoms with Gasteiger partial charge in [0.2, 0.25) is 0 Å². The van der Waals surface area contributed by atoms with Crippen LogP contribution in [0.3, 0.4) is 0 Å². The Morgan fingerprint density at radius 3 is 2.92 bits per heavy atom. The van der Waals surface area contributed by atoms with Crippen LogP contribution in [0.4, 0.5) is 4.39 Å². The first kappa shape index (κ1) is 7.92. The summed E-state index contributed by atoms with van der Waals surface area (Å²) in [6, 6.07) is 3.57. The minimum Gasteiger partial charge on any atom is -0.293 e. The molecule has 0 N–H and O–H groups in total. The second-order valence-electron chi connectivity index (χ2n) is 3.40. The lowest BCUT2D eigenvalue weighted by Crippen LogP contribution is -2.13. The van der Waals surface area contributed by atoms with Crippen molar-refractivity contribution in [2.75, 3.05) is 0 Å². The van der Waals surface area contributed by atoms with Gasteiger partial charge < -0.3 is 0 Å². The molecule has 1 heterocycles. The van der Waals surface area contributed by atoms with Crippen molar-refractivity contribution in [2.24, 2.45) is 5.41 Å². The Labute approximate surface area is 74.2 Å². The number of alkyl halides is 1. The summed E-state index contributed by atoms with van der Waals surface area (Å²) < 4.78 is 12.8. The third-order valence-electron chi connectivity index (χ3n) is 2.40. The van der Waals surface area contributed by atoms with Crippen molar-refractivity contribution in [3.05, 3.63) is 22.4 Å². The fourth-order valence-electron chi connectivity index (χ4n) is 1.24. The monoisotopic (exact) mass is 184 g/mol. The van der Waals surface area contributed by atoms with Crippen molar-refractivity contribution in [1.82, 2.24) is 0 Å². The van der Waals surface area contributed by atoms with Crippen molar-refractivity contribution in [3.8, 4) is 0 Å². The quantitative estimate of drug-likeness (QED) is 0.646. The van der Waals surface area contributed by atoms with E-state index in [1.165, 1.54) is 11.3 Å². The number of carbonyl (C=O) groups excluding carboxylic acids is 1. The molecular weight excluding hydrogens is 175 g/mol. The van der Waals surface area contributed by atoms with E-state index in [1.54, 1.807) is 13.0 Å². The van der Waals surface area contributed by atoms with Gasteiger partial charge in [-0.15, -0.1) is 11.3 Å². The van der Waals surface area contributed by atoms with Gasteiger partial charge in [0, 0.05) is 0 Å². The Morgan fingerprint density at radius 2 is 2.50 bits per heavy atom. The maximum Gasteiger partial charge on any atom is 0.181 e. The van der Waals surface area contributed by atoms with E-state index in [0.29, 0.717) is 11.3 Å². The molecule has 2 unspecified atom stereocenters. The van der Waals surface area contributed by atoms with Crippen molar-refractivity contribution in [2.45, 2.75) is 19.5 Å². The molecule has 1 aromatic rings. The molecule has 1 fully saturated rings. The van der Waals surface area contributed by atoms with E-state index in [4.69, 9.17) is 0 Å². The molecule has 0 radical (unpaired) electrons. The maximum atomic E-state index is 12.8. The predicted molar refractivity (Wildman–Crippen MR) is 46.3 cm³/mol. The Balaban J connectivity index is 2.23. The molecule has 0 aliphatic heterocycles. The highest BCUT2D eigenvalue weighted by atomic mass is 32.1. The molecule has 1 saturated carbocycles. The van der Waals surface area contributed by atoms with E-state index >= 15 is 0 Å². The average Bonchev–Trinajstić information content (AvgIpc) is 2.59. The highest BCUT2D eigenvalue weighted by molar-refractivity contribution is 7.12. The van der Waals surface area contributed by atoms with E-state index in [0.717, 1.165) is 0 Å². The first-order valence-corrected chi connectivity index (χ1v) is 4.75. The van der Waals surface area contributed by atoms with Crippen LogP contribution in [-0.2, 0) is 0 Å². The van der Waals surface area contributed by atoms with Gasteiger partial charge >= 0.3 is 0 Å². The number of hydrogen-bond donors (Lipinski definition) is 0. The van der Waals surface area contributed by atoms with Crippen LogP contribution in [0.5, 0.6) is 0 Å². The molecular formula is C9H9FOS. The second kappa shape index (κ2) is 2.39. The predicted octanol–water partition coefficient (Wildman–Crippen LogP) is 2.68. The minimum absolute atomic E-state index is 0.0370. The van der Waals surface area contributed by atoms with Gasteiger partial charge in [0.15, 0.2) is 5.78 Å². The number of hydrogen-bond acceptors (Lipinski definition) is 2. The van der Waals surface area contributed by atoms with Gasteiger partial charge in [0.1, 0.15) is 6.17 Å². The molecule has 2 rings (SSSR count).